The summed E-state index contributed by atoms with van der Waals surface area (Å²) >= 11 is 0. The molecule has 1 fully saturated rings. The van der Waals surface area contributed by atoms with Crippen molar-refractivity contribution in [2.24, 2.45) is 5.92 Å². The topological polar surface area (TPSA) is 25.8 Å². The Kier molecular flexibility index (Phi) is 9.29. The number of aromatic nitrogens is 2. The standard InChI is InChI=1S/C27H39FN2/c1-3-5-7-8-9-11-21-12-14-23(15-13-21)25-17-16-24(18-26(25)28)27-29-19-22(20-30-27)10-6-4-2/h16-21,23H,3-15H2,1-2H3/t21-,23-. The molecule has 3 heteroatoms. The Morgan fingerprint density at radius 3 is 2.23 bits per heavy atom. The van der Waals surface area contributed by atoms with E-state index in [1.165, 1.54) is 51.4 Å². The van der Waals surface area contributed by atoms with Gasteiger partial charge < -0.3 is 0 Å². The Hall–Kier alpha value is -1.77. The largest absolute Gasteiger partial charge is 0.236 e. The van der Waals surface area contributed by atoms with Crippen molar-refractivity contribution in [3.63, 3.8) is 0 Å². The molecule has 3 rings (SSSR count). The molecule has 0 aliphatic heterocycles. The van der Waals surface area contributed by atoms with E-state index in [1.54, 1.807) is 6.07 Å². The average Bonchev–Trinajstić information content (AvgIpc) is 2.78. The number of nitrogens with zero attached hydrogens (tertiary/aromatic N) is 2. The van der Waals surface area contributed by atoms with Crippen LogP contribution < -0.4 is 0 Å². The minimum Gasteiger partial charge on any atom is -0.236 e. The maximum atomic E-state index is 14.9. The van der Waals surface area contributed by atoms with Crippen LogP contribution >= 0.6 is 0 Å². The van der Waals surface area contributed by atoms with Crippen LogP contribution in [0.5, 0.6) is 0 Å². The summed E-state index contributed by atoms with van der Waals surface area (Å²) in [5.74, 6) is 1.75. The van der Waals surface area contributed by atoms with Crippen LogP contribution in [0.1, 0.15) is 108 Å². The molecule has 0 amide bonds. The first-order valence-corrected chi connectivity index (χ1v) is 12.3. The number of hydrogen-bond acceptors (Lipinski definition) is 2. The normalized spacial score (nSPS) is 19.2. The number of halogens is 1. The van der Waals surface area contributed by atoms with Crippen molar-refractivity contribution in [1.82, 2.24) is 9.97 Å². The van der Waals surface area contributed by atoms with Crippen molar-refractivity contribution >= 4 is 0 Å². The van der Waals surface area contributed by atoms with E-state index >= 15 is 0 Å². The van der Waals surface area contributed by atoms with Gasteiger partial charge in [-0.05, 0) is 67.6 Å². The molecule has 1 saturated carbocycles. The molecule has 0 bridgehead atoms. The number of rotatable bonds is 11. The van der Waals surface area contributed by atoms with E-state index in [-0.39, 0.29) is 5.82 Å². The second-order valence-electron chi connectivity index (χ2n) is 9.18. The fraction of sp³-hybridized carbons (Fsp3) is 0.630. The Morgan fingerprint density at radius 1 is 0.867 bits per heavy atom. The Balaban J connectivity index is 1.52. The van der Waals surface area contributed by atoms with E-state index < -0.39 is 0 Å². The lowest BCUT2D eigenvalue weighted by atomic mass is 9.76. The molecule has 0 N–H and O–H groups in total. The first-order valence-electron chi connectivity index (χ1n) is 12.3. The third-order valence-corrected chi connectivity index (χ3v) is 6.79. The molecular weight excluding hydrogens is 371 g/mol. The number of benzene rings is 1. The molecule has 164 valence electrons. The van der Waals surface area contributed by atoms with Crippen LogP contribution in [-0.4, -0.2) is 9.97 Å². The lowest BCUT2D eigenvalue weighted by molar-refractivity contribution is 0.298. The molecule has 1 aromatic carbocycles. The first kappa shape index (κ1) is 22.9. The third kappa shape index (κ3) is 6.62. The molecule has 1 aromatic heterocycles. The van der Waals surface area contributed by atoms with Crippen molar-refractivity contribution in [2.45, 2.75) is 103 Å². The van der Waals surface area contributed by atoms with Crippen LogP contribution in [-0.2, 0) is 6.42 Å². The Labute approximate surface area is 182 Å². The van der Waals surface area contributed by atoms with Crippen molar-refractivity contribution in [2.75, 3.05) is 0 Å². The second-order valence-corrected chi connectivity index (χ2v) is 9.18. The lowest BCUT2D eigenvalue weighted by Gasteiger charge is -2.29. The smallest absolute Gasteiger partial charge is 0.159 e. The lowest BCUT2D eigenvalue weighted by Crippen LogP contribution is -2.14. The third-order valence-electron chi connectivity index (χ3n) is 6.79. The van der Waals surface area contributed by atoms with Crippen molar-refractivity contribution < 1.29 is 4.39 Å². The van der Waals surface area contributed by atoms with E-state index in [4.69, 9.17) is 0 Å². The molecule has 0 atom stereocenters. The average molecular weight is 411 g/mol. The summed E-state index contributed by atoms with van der Waals surface area (Å²) in [4.78, 5) is 8.93. The Morgan fingerprint density at radius 2 is 1.57 bits per heavy atom. The molecule has 30 heavy (non-hydrogen) atoms. The van der Waals surface area contributed by atoms with E-state index in [2.05, 4.69) is 23.8 Å². The molecule has 0 unspecified atom stereocenters. The first-order chi connectivity index (χ1) is 14.7. The second kappa shape index (κ2) is 12.2. The molecular formula is C27H39FN2. The van der Waals surface area contributed by atoms with E-state index in [1.807, 2.05) is 24.5 Å². The highest BCUT2D eigenvalue weighted by atomic mass is 19.1. The van der Waals surface area contributed by atoms with Gasteiger partial charge in [0.2, 0.25) is 0 Å². The van der Waals surface area contributed by atoms with Gasteiger partial charge in [0.05, 0.1) is 0 Å². The molecule has 0 spiro atoms. The van der Waals surface area contributed by atoms with E-state index in [0.717, 1.165) is 54.7 Å². The molecule has 0 saturated heterocycles. The van der Waals surface area contributed by atoms with Gasteiger partial charge in [0, 0.05) is 18.0 Å². The molecule has 1 heterocycles. The summed E-state index contributed by atoms with van der Waals surface area (Å²) in [5.41, 5.74) is 2.82. The SMILES string of the molecule is CCCCCCC[C@H]1CC[C@H](c2ccc(-c3ncc(CCCC)cn3)cc2F)CC1. The molecule has 2 nitrogen and oxygen atoms in total. The van der Waals surface area contributed by atoms with Gasteiger partial charge in [-0.1, -0.05) is 70.9 Å². The van der Waals surface area contributed by atoms with Crippen LogP contribution in [0.3, 0.4) is 0 Å². The van der Waals surface area contributed by atoms with Gasteiger partial charge in [0.1, 0.15) is 5.82 Å². The van der Waals surface area contributed by atoms with Crippen LogP contribution in [0.2, 0.25) is 0 Å². The van der Waals surface area contributed by atoms with Gasteiger partial charge in [0.25, 0.3) is 0 Å². The van der Waals surface area contributed by atoms with Gasteiger partial charge in [-0.2, -0.15) is 0 Å². The van der Waals surface area contributed by atoms with Gasteiger partial charge in [-0.3, -0.25) is 0 Å². The summed E-state index contributed by atoms with van der Waals surface area (Å²) in [6.45, 7) is 4.45. The van der Waals surface area contributed by atoms with Gasteiger partial charge >= 0.3 is 0 Å². The van der Waals surface area contributed by atoms with Crippen LogP contribution in [0.25, 0.3) is 11.4 Å². The fourth-order valence-corrected chi connectivity index (χ4v) is 4.81. The predicted molar refractivity (Wildman–Crippen MR) is 124 cm³/mol. The summed E-state index contributed by atoms with van der Waals surface area (Å²) in [5, 5.41) is 0. The van der Waals surface area contributed by atoms with Crippen molar-refractivity contribution in [3.8, 4) is 11.4 Å². The van der Waals surface area contributed by atoms with Crippen LogP contribution in [0.15, 0.2) is 30.6 Å². The fourth-order valence-electron chi connectivity index (χ4n) is 4.81. The molecule has 1 aliphatic rings. The van der Waals surface area contributed by atoms with Crippen molar-refractivity contribution in [1.29, 1.82) is 0 Å². The summed E-state index contributed by atoms with van der Waals surface area (Å²) < 4.78 is 14.9. The minimum absolute atomic E-state index is 0.0887. The number of unbranched alkanes of at least 4 members (excludes halogenated alkanes) is 5. The number of hydrogen-bond donors (Lipinski definition) is 0. The van der Waals surface area contributed by atoms with Crippen LogP contribution in [0, 0.1) is 11.7 Å². The zero-order chi connectivity index (χ0) is 21.2. The quantitative estimate of drug-likeness (QED) is 0.348. The maximum absolute atomic E-state index is 14.9. The monoisotopic (exact) mass is 410 g/mol. The summed E-state index contributed by atoms with van der Waals surface area (Å²) in [6.07, 6.45) is 20.0. The zero-order valence-corrected chi connectivity index (χ0v) is 19.0. The minimum atomic E-state index is -0.0887. The van der Waals surface area contributed by atoms with Gasteiger partial charge in [-0.25, -0.2) is 14.4 Å². The molecule has 0 radical (unpaired) electrons. The van der Waals surface area contributed by atoms with Crippen LogP contribution in [0.4, 0.5) is 4.39 Å². The highest BCUT2D eigenvalue weighted by molar-refractivity contribution is 5.55. The highest BCUT2D eigenvalue weighted by Gasteiger charge is 2.24. The summed E-state index contributed by atoms with van der Waals surface area (Å²) in [6, 6.07) is 5.62. The Bertz CT molecular complexity index is 748. The van der Waals surface area contributed by atoms with Crippen molar-refractivity contribution in [3.05, 3.63) is 47.5 Å². The van der Waals surface area contributed by atoms with E-state index in [0.29, 0.717) is 11.7 Å². The zero-order valence-electron chi connectivity index (χ0n) is 19.0. The molecule has 1 aliphatic carbocycles. The highest BCUT2D eigenvalue weighted by Crippen LogP contribution is 2.39. The van der Waals surface area contributed by atoms with E-state index in [9.17, 15) is 4.39 Å². The predicted octanol–water partition coefficient (Wildman–Crippen LogP) is 8.26. The molecule has 2 aromatic rings. The maximum Gasteiger partial charge on any atom is 0.159 e. The number of aryl methyl sites for hydroxylation is 1. The summed E-state index contributed by atoms with van der Waals surface area (Å²) in [7, 11) is 0. The van der Waals surface area contributed by atoms with Gasteiger partial charge in [-0.15, -0.1) is 0 Å². The van der Waals surface area contributed by atoms with Gasteiger partial charge in [0.15, 0.2) is 5.82 Å².